The number of rotatable bonds is 8. The van der Waals surface area contributed by atoms with Crippen LogP contribution in [0, 0.1) is 5.92 Å². The molecule has 0 unspecified atom stereocenters. The zero-order valence-corrected chi connectivity index (χ0v) is 12.5. The molecule has 1 aliphatic carbocycles. The van der Waals surface area contributed by atoms with Gasteiger partial charge in [-0.1, -0.05) is 6.42 Å². The van der Waals surface area contributed by atoms with Crippen molar-refractivity contribution in [3.8, 4) is 0 Å². The summed E-state index contributed by atoms with van der Waals surface area (Å²) >= 11 is 0. The number of hydrogen-bond donors (Lipinski definition) is 3. The van der Waals surface area contributed by atoms with Crippen molar-refractivity contribution >= 4 is 11.8 Å². The van der Waals surface area contributed by atoms with Crippen LogP contribution in [0.2, 0.25) is 0 Å². The standard InChI is InChI=1S/C15H28N2O3/c1-12(18)16-10-4-2-3-5-15(20)17-11-13-6-8-14(19)9-7-13/h13-14,19H,2-11H2,1H3,(H,16,18)(H,17,20). The van der Waals surface area contributed by atoms with Gasteiger partial charge >= 0.3 is 0 Å². The molecular weight excluding hydrogens is 256 g/mol. The molecule has 116 valence electrons. The van der Waals surface area contributed by atoms with Gasteiger partial charge in [0.2, 0.25) is 11.8 Å². The van der Waals surface area contributed by atoms with Gasteiger partial charge in [0.25, 0.3) is 0 Å². The molecule has 0 saturated heterocycles. The monoisotopic (exact) mass is 284 g/mol. The first kappa shape index (κ1) is 17.0. The summed E-state index contributed by atoms with van der Waals surface area (Å²) < 4.78 is 0. The summed E-state index contributed by atoms with van der Waals surface area (Å²) in [6.45, 7) is 2.95. The Morgan fingerprint density at radius 1 is 1.05 bits per heavy atom. The van der Waals surface area contributed by atoms with E-state index in [9.17, 15) is 14.7 Å². The third-order valence-electron chi connectivity index (χ3n) is 3.86. The van der Waals surface area contributed by atoms with Crippen molar-refractivity contribution in [3.63, 3.8) is 0 Å². The molecule has 0 aromatic carbocycles. The van der Waals surface area contributed by atoms with E-state index < -0.39 is 0 Å². The number of carbonyl (C=O) groups is 2. The molecule has 0 heterocycles. The molecule has 0 spiro atoms. The molecule has 20 heavy (non-hydrogen) atoms. The minimum Gasteiger partial charge on any atom is -0.393 e. The van der Waals surface area contributed by atoms with Crippen molar-refractivity contribution in [1.82, 2.24) is 10.6 Å². The number of carbonyl (C=O) groups excluding carboxylic acids is 2. The molecule has 1 aliphatic rings. The Balaban J connectivity index is 1.94. The highest BCUT2D eigenvalue weighted by Gasteiger charge is 2.19. The summed E-state index contributed by atoms with van der Waals surface area (Å²) in [5.74, 6) is 0.651. The summed E-state index contributed by atoms with van der Waals surface area (Å²) in [4.78, 5) is 22.3. The van der Waals surface area contributed by atoms with E-state index in [1.807, 2.05) is 0 Å². The van der Waals surface area contributed by atoms with Crippen LogP contribution in [-0.4, -0.2) is 36.1 Å². The molecule has 0 aliphatic heterocycles. The molecule has 0 atom stereocenters. The van der Waals surface area contributed by atoms with Crippen molar-refractivity contribution in [2.75, 3.05) is 13.1 Å². The Morgan fingerprint density at radius 2 is 1.75 bits per heavy atom. The molecule has 1 fully saturated rings. The number of hydrogen-bond acceptors (Lipinski definition) is 3. The fourth-order valence-corrected chi connectivity index (χ4v) is 2.55. The highest BCUT2D eigenvalue weighted by atomic mass is 16.3. The van der Waals surface area contributed by atoms with Gasteiger partial charge in [0.05, 0.1) is 6.10 Å². The Bertz CT molecular complexity index is 299. The van der Waals surface area contributed by atoms with Gasteiger partial charge in [-0.2, -0.15) is 0 Å². The molecule has 3 N–H and O–H groups in total. The molecule has 1 saturated carbocycles. The van der Waals surface area contributed by atoms with E-state index in [0.29, 0.717) is 18.9 Å². The van der Waals surface area contributed by atoms with Gasteiger partial charge in [0, 0.05) is 26.4 Å². The van der Waals surface area contributed by atoms with Crippen LogP contribution in [0.5, 0.6) is 0 Å². The number of nitrogens with one attached hydrogen (secondary N) is 2. The van der Waals surface area contributed by atoms with Crippen molar-refractivity contribution in [1.29, 1.82) is 0 Å². The van der Waals surface area contributed by atoms with E-state index in [-0.39, 0.29) is 17.9 Å². The molecule has 0 bridgehead atoms. The van der Waals surface area contributed by atoms with Crippen molar-refractivity contribution in [2.24, 2.45) is 5.92 Å². The van der Waals surface area contributed by atoms with Crippen LogP contribution in [0.25, 0.3) is 0 Å². The predicted molar refractivity (Wildman–Crippen MR) is 78.1 cm³/mol. The topological polar surface area (TPSA) is 78.4 Å². The lowest BCUT2D eigenvalue weighted by Crippen LogP contribution is -2.32. The Labute approximate surface area is 121 Å². The molecular formula is C15H28N2O3. The maximum atomic E-state index is 11.7. The molecule has 0 aromatic rings. The van der Waals surface area contributed by atoms with Gasteiger partial charge in [-0.15, -0.1) is 0 Å². The van der Waals surface area contributed by atoms with Crippen LogP contribution in [0.1, 0.15) is 58.3 Å². The lowest BCUT2D eigenvalue weighted by Gasteiger charge is -2.25. The second kappa shape index (κ2) is 9.75. The van der Waals surface area contributed by atoms with Crippen molar-refractivity contribution in [2.45, 2.75) is 64.4 Å². The van der Waals surface area contributed by atoms with Gasteiger partial charge in [0.1, 0.15) is 0 Å². The van der Waals surface area contributed by atoms with Crippen LogP contribution in [0.4, 0.5) is 0 Å². The second-order valence-electron chi connectivity index (χ2n) is 5.77. The van der Waals surface area contributed by atoms with E-state index in [1.165, 1.54) is 6.92 Å². The predicted octanol–water partition coefficient (Wildman–Crippen LogP) is 1.35. The number of unbranched alkanes of at least 4 members (excludes halogenated alkanes) is 2. The fourth-order valence-electron chi connectivity index (χ4n) is 2.55. The molecule has 0 radical (unpaired) electrons. The first-order valence-electron chi connectivity index (χ1n) is 7.77. The molecule has 2 amide bonds. The van der Waals surface area contributed by atoms with E-state index in [2.05, 4.69) is 10.6 Å². The lowest BCUT2D eigenvalue weighted by atomic mass is 9.87. The maximum absolute atomic E-state index is 11.7. The first-order valence-corrected chi connectivity index (χ1v) is 7.77. The van der Waals surface area contributed by atoms with Crippen LogP contribution < -0.4 is 10.6 Å². The number of aliphatic hydroxyl groups excluding tert-OH is 1. The smallest absolute Gasteiger partial charge is 0.220 e. The average molecular weight is 284 g/mol. The van der Waals surface area contributed by atoms with Gasteiger partial charge in [-0.25, -0.2) is 0 Å². The average Bonchev–Trinajstić information content (AvgIpc) is 2.41. The van der Waals surface area contributed by atoms with Gasteiger partial charge in [-0.05, 0) is 44.4 Å². The summed E-state index contributed by atoms with van der Waals surface area (Å²) in [5.41, 5.74) is 0. The third kappa shape index (κ3) is 8.15. The van der Waals surface area contributed by atoms with Crippen molar-refractivity contribution < 1.29 is 14.7 Å². The van der Waals surface area contributed by atoms with Crippen LogP contribution in [0.15, 0.2) is 0 Å². The van der Waals surface area contributed by atoms with E-state index in [0.717, 1.165) is 51.5 Å². The molecule has 0 aromatic heterocycles. The van der Waals surface area contributed by atoms with Crippen LogP contribution in [-0.2, 0) is 9.59 Å². The second-order valence-corrected chi connectivity index (χ2v) is 5.77. The summed E-state index contributed by atoms with van der Waals surface area (Å²) in [6, 6.07) is 0. The van der Waals surface area contributed by atoms with Crippen LogP contribution >= 0.6 is 0 Å². The Hall–Kier alpha value is -1.10. The quantitative estimate of drug-likeness (QED) is 0.589. The highest BCUT2D eigenvalue weighted by molar-refractivity contribution is 5.75. The van der Waals surface area contributed by atoms with E-state index >= 15 is 0 Å². The Kier molecular flexibility index (Phi) is 8.26. The van der Waals surface area contributed by atoms with E-state index in [1.54, 1.807) is 0 Å². The van der Waals surface area contributed by atoms with E-state index in [4.69, 9.17) is 0 Å². The minimum absolute atomic E-state index is 0.000318. The molecule has 5 heteroatoms. The van der Waals surface area contributed by atoms with Gasteiger partial charge < -0.3 is 15.7 Å². The van der Waals surface area contributed by atoms with Gasteiger partial charge in [-0.3, -0.25) is 9.59 Å². The van der Waals surface area contributed by atoms with Gasteiger partial charge in [0.15, 0.2) is 0 Å². The normalized spacial score (nSPS) is 22.3. The summed E-state index contributed by atoms with van der Waals surface area (Å²) in [6.07, 6.45) is 6.94. The zero-order valence-electron chi connectivity index (χ0n) is 12.5. The van der Waals surface area contributed by atoms with Crippen molar-refractivity contribution in [3.05, 3.63) is 0 Å². The maximum Gasteiger partial charge on any atom is 0.220 e. The summed E-state index contributed by atoms with van der Waals surface area (Å²) in [5, 5.41) is 15.1. The SMILES string of the molecule is CC(=O)NCCCCCC(=O)NCC1CCC(O)CC1. The third-order valence-corrected chi connectivity index (χ3v) is 3.86. The largest absolute Gasteiger partial charge is 0.393 e. The van der Waals surface area contributed by atoms with Crippen LogP contribution in [0.3, 0.4) is 0 Å². The fraction of sp³-hybridized carbons (Fsp3) is 0.867. The number of aliphatic hydroxyl groups is 1. The zero-order chi connectivity index (χ0) is 14.8. The first-order chi connectivity index (χ1) is 9.58. The summed E-state index contributed by atoms with van der Waals surface area (Å²) in [7, 11) is 0. The lowest BCUT2D eigenvalue weighted by molar-refractivity contribution is -0.121. The minimum atomic E-state index is -0.134. The molecule has 1 rings (SSSR count). The Morgan fingerprint density at radius 3 is 2.40 bits per heavy atom. The number of amides is 2. The molecule has 5 nitrogen and oxygen atoms in total. The highest BCUT2D eigenvalue weighted by Crippen LogP contribution is 2.23.